The van der Waals surface area contributed by atoms with Gasteiger partial charge in [-0.05, 0) is 25.3 Å². The molecule has 2 N–H and O–H groups in total. The Bertz CT molecular complexity index is 661. The molecule has 1 saturated heterocycles. The number of carbonyl (C=O) groups excluding carboxylic acids is 2. The van der Waals surface area contributed by atoms with Crippen LogP contribution in [0.2, 0.25) is 0 Å². The number of hydrogen-bond donors (Lipinski definition) is 2. The quantitative estimate of drug-likeness (QED) is 0.794. The highest BCUT2D eigenvalue weighted by atomic mass is 16.7. The second-order valence-electron chi connectivity index (χ2n) is 6.74. The van der Waals surface area contributed by atoms with Crippen LogP contribution in [0.5, 0.6) is 0 Å². The molecule has 1 aromatic rings. The molecule has 1 aliphatic carbocycles. The summed E-state index contributed by atoms with van der Waals surface area (Å²) in [5, 5.41) is 3.06. The minimum Gasteiger partial charge on any atom is -0.465 e. The van der Waals surface area contributed by atoms with Gasteiger partial charge in [0.05, 0.1) is 25.9 Å². The van der Waals surface area contributed by atoms with Gasteiger partial charge < -0.3 is 24.5 Å². The Balaban J connectivity index is 1.77. The summed E-state index contributed by atoms with van der Waals surface area (Å²) in [5.74, 6) is -1.13. The zero-order valence-corrected chi connectivity index (χ0v) is 15.1. The van der Waals surface area contributed by atoms with E-state index in [1.807, 2.05) is 6.92 Å². The zero-order chi connectivity index (χ0) is 18.0. The molecule has 138 valence electrons. The molecule has 0 radical (unpaired) electrons. The highest BCUT2D eigenvalue weighted by Gasteiger charge is 2.44. The second-order valence-corrected chi connectivity index (χ2v) is 6.74. The molecule has 0 aromatic carbocycles. The van der Waals surface area contributed by atoms with Gasteiger partial charge in [0.1, 0.15) is 5.69 Å². The SMILES string of the molecule is CCCc1c(C(=O)NC2CCC3(C2)OCCO3)[nH]c(C)c1C(=O)OC. The van der Waals surface area contributed by atoms with Crippen LogP contribution in [0.1, 0.15) is 64.7 Å². The molecule has 7 heteroatoms. The number of rotatable bonds is 5. The van der Waals surface area contributed by atoms with E-state index in [1.54, 1.807) is 6.92 Å². The largest absolute Gasteiger partial charge is 0.465 e. The predicted molar refractivity (Wildman–Crippen MR) is 90.6 cm³/mol. The van der Waals surface area contributed by atoms with E-state index in [0.29, 0.717) is 43.0 Å². The number of methoxy groups -OCH3 is 1. The van der Waals surface area contributed by atoms with Gasteiger partial charge in [-0.15, -0.1) is 0 Å². The molecule has 1 spiro atoms. The van der Waals surface area contributed by atoms with E-state index in [1.165, 1.54) is 7.11 Å². The molecular weight excluding hydrogens is 324 g/mol. The molecule has 7 nitrogen and oxygen atoms in total. The average molecular weight is 350 g/mol. The first-order chi connectivity index (χ1) is 12.0. The van der Waals surface area contributed by atoms with Gasteiger partial charge in [-0.2, -0.15) is 0 Å². The van der Waals surface area contributed by atoms with Gasteiger partial charge in [-0.3, -0.25) is 4.79 Å². The Labute approximate surface area is 147 Å². The monoisotopic (exact) mass is 350 g/mol. The number of aromatic amines is 1. The van der Waals surface area contributed by atoms with Crippen molar-refractivity contribution in [1.29, 1.82) is 0 Å². The van der Waals surface area contributed by atoms with Gasteiger partial charge in [0.15, 0.2) is 5.79 Å². The van der Waals surface area contributed by atoms with Gasteiger partial charge in [-0.1, -0.05) is 13.3 Å². The smallest absolute Gasteiger partial charge is 0.339 e. The molecule has 2 heterocycles. The van der Waals surface area contributed by atoms with Crippen LogP contribution < -0.4 is 5.32 Å². The first-order valence-corrected chi connectivity index (χ1v) is 8.88. The zero-order valence-electron chi connectivity index (χ0n) is 15.1. The maximum absolute atomic E-state index is 12.8. The van der Waals surface area contributed by atoms with Gasteiger partial charge in [0.2, 0.25) is 0 Å². The average Bonchev–Trinajstić information content (AvgIpc) is 3.29. The van der Waals surface area contributed by atoms with E-state index < -0.39 is 11.8 Å². The Kier molecular flexibility index (Phi) is 5.15. The fourth-order valence-electron chi connectivity index (χ4n) is 3.86. The molecule has 1 saturated carbocycles. The molecular formula is C18H26N2O5. The summed E-state index contributed by atoms with van der Waals surface area (Å²) in [6.07, 6.45) is 3.73. The standard InChI is InChI=1S/C18H26N2O5/c1-4-5-13-14(17(22)23-3)11(2)19-15(13)16(21)20-12-6-7-18(10-12)24-8-9-25-18/h12,19H,4-10H2,1-3H3,(H,20,21). The van der Waals surface area contributed by atoms with Gasteiger partial charge >= 0.3 is 5.97 Å². The number of esters is 1. The Morgan fingerprint density at radius 3 is 2.72 bits per heavy atom. The molecule has 1 aliphatic heterocycles. The van der Waals surface area contributed by atoms with Crippen molar-refractivity contribution < 1.29 is 23.8 Å². The highest BCUT2D eigenvalue weighted by Crippen LogP contribution is 2.37. The van der Waals surface area contributed by atoms with Crippen molar-refractivity contribution in [3.8, 4) is 0 Å². The topological polar surface area (TPSA) is 89.7 Å². The molecule has 0 bridgehead atoms. The van der Waals surface area contributed by atoms with Crippen molar-refractivity contribution in [2.75, 3.05) is 20.3 Å². The molecule has 1 amide bonds. The summed E-state index contributed by atoms with van der Waals surface area (Å²) in [6, 6.07) is 0.00487. The number of hydrogen-bond acceptors (Lipinski definition) is 5. The fourth-order valence-corrected chi connectivity index (χ4v) is 3.86. The number of aryl methyl sites for hydroxylation is 1. The summed E-state index contributed by atoms with van der Waals surface area (Å²) in [7, 11) is 1.35. The van der Waals surface area contributed by atoms with Crippen molar-refractivity contribution in [3.05, 3.63) is 22.5 Å². The van der Waals surface area contributed by atoms with Crippen LogP contribution in [0.25, 0.3) is 0 Å². The van der Waals surface area contributed by atoms with Crippen LogP contribution in [0.15, 0.2) is 0 Å². The second kappa shape index (κ2) is 7.17. The van der Waals surface area contributed by atoms with Crippen molar-refractivity contribution in [1.82, 2.24) is 10.3 Å². The van der Waals surface area contributed by atoms with E-state index in [4.69, 9.17) is 14.2 Å². The van der Waals surface area contributed by atoms with E-state index in [2.05, 4.69) is 10.3 Å². The summed E-state index contributed by atoms with van der Waals surface area (Å²) in [5.41, 5.74) is 2.31. The van der Waals surface area contributed by atoms with Crippen molar-refractivity contribution in [2.24, 2.45) is 0 Å². The number of ether oxygens (including phenoxy) is 3. The van der Waals surface area contributed by atoms with Crippen molar-refractivity contribution in [3.63, 3.8) is 0 Å². The lowest BCUT2D eigenvalue weighted by atomic mass is 10.0. The minimum atomic E-state index is -0.521. The van der Waals surface area contributed by atoms with Crippen molar-refractivity contribution in [2.45, 2.75) is 57.8 Å². The summed E-state index contributed by atoms with van der Waals surface area (Å²) in [4.78, 5) is 27.9. The third kappa shape index (κ3) is 3.43. The summed E-state index contributed by atoms with van der Waals surface area (Å²) in [6.45, 7) is 5.02. The third-order valence-electron chi connectivity index (χ3n) is 4.99. The Hall–Kier alpha value is -1.86. The van der Waals surface area contributed by atoms with Gasteiger partial charge in [0, 0.05) is 24.6 Å². The molecule has 1 aromatic heterocycles. The maximum Gasteiger partial charge on any atom is 0.339 e. The Morgan fingerprint density at radius 2 is 2.08 bits per heavy atom. The van der Waals surface area contributed by atoms with Crippen molar-refractivity contribution >= 4 is 11.9 Å². The lowest BCUT2D eigenvalue weighted by Gasteiger charge is -2.21. The van der Waals surface area contributed by atoms with Crippen LogP contribution in [0.3, 0.4) is 0 Å². The highest BCUT2D eigenvalue weighted by molar-refractivity contribution is 6.00. The number of nitrogens with one attached hydrogen (secondary N) is 2. The van der Waals surface area contributed by atoms with E-state index in [-0.39, 0.29) is 11.9 Å². The van der Waals surface area contributed by atoms with E-state index in [0.717, 1.165) is 24.8 Å². The fraction of sp³-hybridized carbons (Fsp3) is 0.667. The lowest BCUT2D eigenvalue weighted by molar-refractivity contribution is -0.151. The van der Waals surface area contributed by atoms with Gasteiger partial charge in [0.25, 0.3) is 5.91 Å². The first kappa shape index (κ1) is 17.9. The number of amides is 1. The van der Waals surface area contributed by atoms with E-state index >= 15 is 0 Å². The molecule has 3 rings (SSSR count). The van der Waals surface area contributed by atoms with Crippen LogP contribution in [-0.2, 0) is 20.6 Å². The molecule has 1 unspecified atom stereocenters. The van der Waals surface area contributed by atoms with E-state index in [9.17, 15) is 9.59 Å². The van der Waals surface area contributed by atoms with Crippen LogP contribution in [0, 0.1) is 6.92 Å². The van der Waals surface area contributed by atoms with Crippen LogP contribution in [-0.4, -0.2) is 49.0 Å². The summed E-state index contributed by atoms with van der Waals surface area (Å²) >= 11 is 0. The first-order valence-electron chi connectivity index (χ1n) is 8.88. The van der Waals surface area contributed by atoms with Crippen LogP contribution >= 0.6 is 0 Å². The maximum atomic E-state index is 12.8. The number of carbonyl (C=O) groups is 2. The van der Waals surface area contributed by atoms with Gasteiger partial charge in [-0.25, -0.2) is 4.79 Å². The third-order valence-corrected chi connectivity index (χ3v) is 4.99. The number of H-pyrrole nitrogens is 1. The normalized spacial score (nSPS) is 21.6. The summed E-state index contributed by atoms with van der Waals surface area (Å²) < 4.78 is 16.3. The number of aromatic nitrogens is 1. The predicted octanol–water partition coefficient (Wildman–Crippen LogP) is 2.09. The van der Waals surface area contributed by atoms with Crippen LogP contribution in [0.4, 0.5) is 0 Å². The lowest BCUT2D eigenvalue weighted by Crippen LogP contribution is -2.36. The minimum absolute atomic E-state index is 0.00487. The molecule has 1 atom stereocenters. The molecule has 2 fully saturated rings. The molecule has 25 heavy (non-hydrogen) atoms. The Morgan fingerprint density at radius 1 is 1.36 bits per heavy atom. The molecule has 2 aliphatic rings.